The lowest BCUT2D eigenvalue weighted by Gasteiger charge is -2.18. The van der Waals surface area contributed by atoms with Crippen LogP contribution in [0.2, 0.25) is 0 Å². The number of urea groups is 1. The molecule has 64 valence electrons. The zero-order valence-corrected chi connectivity index (χ0v) is 6.45. The van der Waals surface area contributed by atoms with Crippen molar-refractivity contribution in [3.05, 3.63) is 24.2 Å². The minimum atomic E-state index is -0.467. The highest BCUT2D eigenvalue weighted by Crippen LogP contribution is 2.18. The van der Waals surface area contributed by atoms with Gasteiger partial charge in [-0.05, 0) is 0 Å². The molecule has 2 aliphatic heterocycles. The standard InChI is InChI=1S/C7H10N4O/c8-7(12)11-2-1-5-3-9-10-6(5)4-11/h1-2,4-5,9-10H,3H2,(H2,8,12). The number of rotatable bonds is 0. The number of carbonyl (C=O) groups is 1. The fourth-order valence-corrected chi connectivity index (χ4v) is 1.29. The molecule has 0 spiro atoms. The largest absolute Gasteiger partial charge is 0.351 e. The fourth-order valence-electron chi connectivity index (χ4n) is 1.29. The van der Waals surface area contributed by atoms with Gasteiger partial charge in [0.15, 0.2) is 0 Å². The molecule has 0 aliphatic carbocycles. The van der Waals surface area contributed by atoms with Gasteiger partial charge in [0.1, 0.15) is 0 Å². The molecule has 4 N–H and O–H groups in total. The topological polar surface area (TPSA) is 70.4 Å². The van der Waals surface area contributed by atoms with Gasteiger partial charge in [0.25, 0.3) is 0 Å². The fraction of sp³-hybridized carbons (Fsp3) is 0.286. The van der Waals surface area contributed by atoms with Crippen LogP contribution in [0.4, 0.5) is 4.79 Å². The number of nitrogens with two attached hydrogens (primary N) is 1. The molecule has 1 saturated heterocycles. The number of nitrogens with zero attached hydrogens (tertiary/aromatic N) is 1. The van der Waals surface area contributed by atoms with Gasteiger partial charge in [-0.15, -0.1) is 0 Å². The number of hydrazine groups is 1. The van der Waals surface area contributed by atoms with Crippen molar-refractivity contribution in [2.75, 3.05) is 6.54 Å². The van der Waals surface area contributed by atoms with Crippen LogP contribution >= 0.6 is 0 Å². The second kappa shape index (κ2) is 2.53. The highest BCUT2D eigenvalue weighted by atomic mass is 16.2. The van der Waals surface area contributed by atoms with Crippen LogP contribution in [-0.2, 0) is 0 Å². The Kier molecular flexibility index (Phi) is 1.51. The van der Waals surface area contributed by atoms with Crippen LogP contribution in [-0.4, -0.2) is 17.5 Å². The predicted molar refractivity (Wildman–Crippen MR) is 43.3 cm³/mol. The Bertz CT molecular complexity index is 271. The first-order valence-electron chi connectivity index (χ1n) is 3.74. The van der Waals surface area contributed by atoms with E-state index in [0.29, 0.717) is 5.92 Å². The van der Waals surface area contributed by atoms with Crippen molar-refractivity contribution in [2.24, 2.45) is 11.7 Å². The summed E-state index contributed by atoms with van der Waals surface area (Å²) in [6, 6.07) is -0.467. The third-order valence-electron chi connectivity index (χ3n) is 1.97. The molecule has 5 nitrogen and oxygen atoms in total. The van der Waals surface area contributed by atoms with E-state index >= 15 is 0 Å². The third-order valence-corrected chi connectivity index (χ3v) is 1.97. The normalized spacial score (nSPS) is 26.2. The number of hydrogen-bond donors (Lipinski definition) is 3. The Labute approximate surface area is 69.9 Å². The molecular formula is C7H10N4O. The molecule has 2 aliphatic rings. The first-order chi connectivity index (χ1) is 5.77. The van der Waals surface area contributed by atoms with Crippen molar-refractivity contribution in [1.82, 2.24) is 15.8 Å². The number of hydrogen-bond acceptors (Lipinski definition) is 3. The monoisotopic (exact) mass is 166 g/mol. The van der Waals surface area contributed by atoms with E-state index in [1.807, 2.05) is 6.08 Å². The van der Waals surface area contributed by atoms with Gasteiger partial charge in [-0.1, -0.05) is 6.08 Å². The van der Waals surface area contributed by atoms with Crippen molar-refractivity contribution in [3.63, 3.8) is 0 Å². The molecule has 5 heteroatoms. The predicted octanol–water partition coefficient (Wildman–Crippen LogP) is -0.540. The SMILES string of the molecule is NC(=O)N1C=CC2CNNC2=C1. The van der Waals surface area contributed by atoms with E-state index in [0.717, 1.165) is 12.2 Å². The Hall–Kier alpha value is -1.49. The lowest BCUT2D eigenvalue weighted by molar-refractivity contribution is 0.234. The Balaban J connectivity index is 2.20. The van der Waals surface area contributed by atoms with Gasteiger partial charge in [0.05, 0.1) is 5.70 Å². The Morgan fingerprint density at radius 1 is 1.75 bits per heavy atom. The van der Waals surface area contributed by atoms with E-state index in [-0.39, 0.29) is 0 Å². The lowest BCUT2D eigenvalue weighted by atomic mass is 10.1. The summed E-state index contributed by atoms with van der Waals surface area (Å²) in [7, 11) is 0. The number of primary amides is 1. The van der Waals surface area contributed by atoms with E-state index in [1.54, 1.807) is 12.4 Å². The molecule has 0 bridgehead atoms. The molecule has 1 fully saturated rings. The molecule has 0 saturated carbocycles. The average molecular weight is 166 g/mol. The summed E-state index contributed by atoms with van der Waals surface area (Å²) in [6.45, 7) is 0.856. The number of fused-ring (bicyclic) bond motifs is 1. The quantitative estimate of drug-likeness (QED) is 0.452. The molecule has 2 heterocycles. The van der Waals surface area contributed by atoms with Crippen LogP contribution < -0.4 is 16.6 Å². The van der Waals surface area contributed by atoms with Crippen LogP contribution in [0.5, 0.6) is 0 Å². The van der Waals surface area contributed by atoms with Gasteiger partial charge in [-0.25, -0.2) is 10.2 Å². The maximum absolute atomic E-state index is 10.7. The van der Waals surface area contributed by atoms with Gasteiger partial charge >= 0.3 is 6.03 Å². The summed E-state index contributed by atoms with van der Waals surface area (Å²) in [5, 5.41) is 0. The zero-order chi connectivity index (χ0) is 8.55. The minimum Gasteiger partial charge on any atom is -0.351 e. The van der Waals surface area contributed by atoms with E-state index in [9.17, 15) is 4.79 Å². The van der Waals surface area contributed by atoms with Gasteiger partial charge in [0.2, 0.25) is 0 Å². The van der Waals surface area contributed by atoms with Crippen LogP contribution in [0.15, 0.2) is 24.2 Å². The maximum atomic E-state index is 10.7. The van der Waals surface area contributed by atoms with Crippen LogP contribution in [0.25, 0.3) is 0 Å². The van der Waals surface area contributed by atoms with E-state index in [4.69, 9.17) is 5.73 Å². The molecular weight excluding hydrogens is 156 g/mol. The first-order valence-corrected chi connectivity index (χ1v) is 3.74. The summed E-state index contributed by atoms with van der Waals surface area (Å²) >= 11 is 0. The summed E-state index contributed by atoms with van der Waals surface area (Å²) in [6.07, 6.45) is 5.32. The minimum absolute atomic E-state index is 0.348. The van der Waals surface area contributed by atoms with Crippen molar-refractivity contribution < 1.29 is 4.79 Å². The summed E-state index contributed by atoms with van der Waals surface area (Å²) < 4.78 is 0. The van der Waals surface area contributed by atoms with Gasteiger partial charge in [-0.3, -0.25) is 4.90 Å². The van der Waals surface area contributed by atoms with Crippen molar-refractivity contribution >= 4 is 6.03 Å². The molecule has 2 amide bonds. The maximum Gasteiger partial charge on any atom is 0.322 e. The van der Waals surface area contributed by atoms with Crippen molar-refractivity contribution in [2.45, 2.75) is 0 Å². The second-order valence-corrected chi connectivity index (χ2v) is 2.78. The highest BCUT2D eigenvalue weighted by molar-refractivity contribution is 5.74. The number of nitrogens with one attached hydrogen (secondary N) is 2. The van der Waals surface area contributed by atoms with Gasteiger partial charge < -0.3 is 11.2 Å². The van der Waals surface area contributed by atoms with Gasteiger partial charge in [-0.2, -0.15) is 0 Å². The lowest BCUT2D eigenvalue weighted by Crippen LogP contribution is -2.30. The highest BCUT2D eigenvalue weighted by Gasteiger charge is 2.22. The van der Waals surface area contributed by atoms with Crippen LogP contribution in [0.1, 0.15) is 0 Å². The first kappa shape index (κ1) is 7.17. The molecule has 0 radical (unpaired) electrons. The average Bonchev–Trinajstić information content (AvgIpc) is 2.49. The molecule has 0 aromatic heterocycles. The smallest absolute Gasteiger partial charge is 0.322 e. The number of carbonyl (C=O) groups excluding carboxylic acids is 1. The Morgan fingerprint density at radius 2 is 2.58 bits per heavy atom. The molecule has 2 rings (SSSR count). The molecule has 1 unspecified atom stereocenters. The van der Waals surface area contributed by atoms with Crippen molar-refractivity contribution in [1.29, 1.82) is 0 Å². The summed E-state index contributed by atoms with van der Waals surface area (Å²) in [5.74, 6) is 0.348. The van der Waals surface area contributed by atoms with Crippen LogP contribution in [0, 0.1) is 5.92 Å². The Morgan fingerprint density at radius 3 is 3.33 bits per heavy atom. The summed E-state index contributed by atoms with van der Waals surface area (Å²) in [5.41, 5.74) is 12.0. The number of amides is 2. The van der Waals surface area contributed by atoms with Crippen molar-refractivity contribution in [3.8, 4) is 0 Å². The molecule has 0 aromatic carbocycles. The van der Waals surface area contributed by atoms with E-state index in [2.05, 4.69) is 10.9 Å². The molecule has 1 atom stereocenters. The van der Waals surface area contributed by atoms with Crippen LogP contribution in [0.3, 0.4) is 0 Å². The molecule has 12 heavy (non-hydrogen) atoms. The zero-order valence-electron chi connectivity index (χ0n) is 6.45. The second-order valence-electron chi connectivity index (χ2n) is 2.78. The van der Waals surface area contributed by atoms with E-state index < -0.39 is 6.03 Å². The third kappa shape index (κ3) is 1.04. The van der Waals surface area contributed by atoms with E-state index in [1.165, 1.54) is 4.90 Å². The summed E-state index contributed by atoms with van der Waals surface area (Å²) in [4.78, 5) is 12.1. The molecule has 0 aromatic rings. The van der Waals surface area contributed by atoms with Gasteiger partial charge in [0, 0.05) is 24.9 Å².